The molecule has 0 spiro atoms. The van der Waals surface area contributed by atoms with Crippen LogP contribution in [-0.4, -0.2) is 26.4 Å². The monoisotopic (exact) mass is 428 g/mol. The molecule has 0 bridgehead atoms. The first-order valence-electron chi connectivity index (χ1n) is 14.0. The third-order valence-electron chi connectivity index (χ3n) is 5.69. The molecule has 2 nitrogen and oxygen atoms in total. The van der Waals surface area contributed by atoms with Crippen molar-refractivity contribution in [1.82, 2.24) is 0 Å². The van der Waals surface area contributed by atoms with E-state index in [0.29, 0.717) is 0 Å². The van der Waals surface area contributed by atoms with Crippen molar-refractivity contribution in [2.75, 3.05) is 26.4 Å². The molecule has 0 aromatic carbocycles. The third kappa shape index (κ3) is 35.4. The lowest BCUT2D eigenvalue weighted by atomic mass is 10.1. The Morgan fingerprint density at radius 1 is 0.300 bits per heavy atom. The molecule has 0 aliphatic rings. The van der Waals surface area contributed by atoms with Crippen LogP contribution in [0.2, 0.25) is 0 Å². The predicted octanol–water partition coefficient (Wildman–Crippen LogP) is 9.89. The Morgan fingerprint density at radius 3 is 0.767 bits per heavy atom. The van der Waals surface area contributed by atoms with Crippen molar-refractivity contribution >= 4 is 0 Å². The minimum Gasteiger partial charge on any atom is -0.382 e. The van der Waals surface area contributed by atoms with Crippen LogP contribution in [0.25, 0.3) is 0 Å². The molecule has 0 amide bonds. The van der Waals surface area contributed by atoms with Crippen LogP contribution in [0.3, 0.4) is 0 Å². The van der Waals surface area contributed by atoms with Crippen LogP contribution in [-0.2, 0) is 9.47 Å². The summed E-state index contributed by atoms with van der Waals surface area (Å²) in [5.41, 5.74) is 0. The summed E-state index contributed by atoms with van der Waals surface area (Å²) in [6.07, 6.45) is 28.0. The average molecular weight is 429 g/mol. The van der Waals surface area contributed by atoms with E-state index >= 15 is 0 Å². The standard InChI is InChI=1S/2C14H30O/c2*1-3-5-6-7-8-9-10-11-12-13-14-15-4-2/h2*3-14H2,1-2H3. The number of rotatable bonds is 24. The lowest BCUT2D eigenvalue weighted by molar-refractivity contribution is 0.142. The highest BCUT2D eigenvalue weighted by molar-refractivity contribution is 4.48. The molecule has 0 saturated heterocycles. The Bertz CT molecular complexity index is 205. The fourth-order valence-electron chi connectivity index (χ4n) is 3.67. The largest absolute Gasteiger partial charge is 0.382 e. The molecule has 0 aromatic heterocycles. The number of unbranched alkanes of at least 4 members (excludes halogenated alkanes) is 18. The Morgan fingerprint density at radius 2 is 0.533 bits per heavy atom. The van der Waals surface area contributed by atoms with Gasteiger partial charge < -0.3 is 9.47 Å². The third-order valence-corrected chi connectivity index (χ3v) is 5.69. The maximum atomic E-state index is 5.31. The zero-order chi connectivity index (χ0) is 22.4. The molecule has 0 saturated carbocycles. The van der Waals surface area contributed by atoms with Gasteiger partial charge in [-0.2, -0.15) is 0 Å². The maximum Gasteiger partial charge on any atom is 0.0465 e. The molecule has 0 fully saturated rings. The van der Waals surface area contributed by atoms with Gasteiger partial charge in [-0.3, -0.25) is 0 Å². The van der Waals surface area contributed by atoms with E-state index in [0.717, 1.165) is 26.4 Å². The summed E-state index contributed by atoms with van der Waals surface area (Å²) in [6, 6.07) is 0. The van der Waals surface area contributed by atoms with Crippen LogP contribution in [0.4, 0.5) is 0 Å². The summed E-state index contributed by atoms with van der Waals surface area (Å²) in [5.74, 6) is 0. The Balaban J connectivity index is 0. The smallest absolute Gasteiger partial charge is 0.0465 e. The normalized spacial score (nSPS) is 10.8. The summed E-state index contributed by atoms with van der Waals surface area (Å²) < 4.78 is 10.6. The number of hydrogen-bond acceptors (Lipinski definition) is 2. The van der Waals surface area contributed by atoms with Crippen LogP contribution in [0.15, 0.2) is 0 Å². The van der Waals surface area contributed by atoms with Gasteiger partial charge in [0.25, 0.3) is 0 Å². The highest BCUT2D eigenvalue weighted by Crippen LogP contribution is 2.11. The molecule has 0 heterocycles. The molecule has 30 heavy (non-hydrogen) atoms. The second kappa shape index (κ2) is 33.6. The second-order valence-corrected chi connectivity index (χ2v) is 8.76. The van der Waals surface area contributed by atoms with Gasteiger partial charge in [-0.15, -0.1) is 0 Å². The molecule has 184 valence electrons. The molecule has 0 aromatic rings. The van der Waals surface area contributed by atoms with Gasteiger partial charge in [0, 0.05) is 26.4 Å². The predicted molar refractivity (Wildman–Crippen MR) is 137 cm³/mol. The Kier molecular flexibility index (Phi) is 35.9. The van der Waals surface area contributed by atoms with Crippen LogP contribution < -0.4 is 0 Å². The first kappa shape index (κ1) is 32.1. The SMILES string of the molecule is CCCCCCCCCCCCOCC.CCCCCCCCCCCCOCC. The van der Waals surface area contributed by atoms with Crippen LogP contribution in [0, 0.1) is 0 Å². The van der Waals surface area contributed by atoms with Crippen molar-refractivity contribution in [3.63, 3.8) is 0 Å². The van der Waals surface area contributed by atoms with E-state index in [-0.39, 0.29) is 0 Å². The minimum absolute atomic E-state index is 0.872. The topological polar surface area (TPSA) is 18.5 Å². The summed E-state index contributed by atoms with van der Waals surface area (Å²) in [5, 5.41) is 0. The summed E-state index contributed by atoms with van der Waals surface area (Å²) >= 11 is 0. The maximum absolute atomic E-state index is 5.31. The van der Waals surface area contributed by atoms with Gasteiger partial charge >= 0.3 is 0 Å². The van der Waals surface area contributed by atoms with E-state index in [1.807, 2.05) is 0 Å². The summed E-state index contributed by atoms with van der Waals surface area (Å²) in [6.45, 7) is 12.4. The zero-order valence-electron chi connectivity index (χ0n) is 21.8. The van der Waals surface area contributed by atoms with Crippen molar-refractivity contribution < 1.29 is 9.47 Å². The number of ether oxygens (including phenoxy) is 2. The Hall–Kier alpha value is -0.0800. The van der Waals surface area contributed by atoms with Crippen LogP contribution >= 0.6 is 0 Å². The molecule has 0 aliphatic carbocycles. The fraction of sp³-hybridized carbons (Fsp3) is 1.00. The molecular formula is C28H60O2. The first-order chi connectivity index (χ1) is 14.8. The van der Waals surface area contributed by atoms with E-state index in [4.69, 9.17) is 9.47 Å². The molecule has 2 heteroatoms. The van der Waals surface area contributed by atoms with Crippen molar-refractivity contribution in [3.8, 4) is 0 Å². The van der Waals surface area contributed by atoms with E-state index < -0.39 is 0 Å². The van der Waals surface area contributed by atoms with E-state index in [1.54, 1.807) is 0 Å². The van der Waals surface area contributed by atoms with E-state index in [9.17, 15) is 0 Å². The van der Waals surface area contributed by atoms with Crippen molar-refractivity contribution in [2.24, 2.45) is 0 Å². The van der Waals surface area contributed by atoms with Crippen molar-refractivity contribution in [2.45, 2.75) is 156 Å². The highest BCUT2D eigenvalue weighted by atomic mass is 16.5. The van der Waals surface area contributed by atoms with Crippen molar-refractivity contribution in [3.05, 3.63) is 0 Å². The van der Waals surface area contributed by atoms with E-state index in [1.165, 1.54) is 128 Å². The minimum atomic E-state index is 0.872. The zero-order valence-corrected chi connectivity index (χ0v) is 21.8. The number of hydrogen-bond donors (Lipinski definition) is 0. The van der Waals surface area contributed by atoms with Gasteiger partial charge in [-0.1, -0.05) is 129 Å². The van der Waals surface area contributed by atoms with Gasteiger partial charge in [-0.25, -0.2) is 0 Å². The van der Waals surface area contributed by atoms with Gasteiger partial charge in [0.05, 0.1) is 0 Å². The molecule has 0 radical (unpaired) electrons. The van der Waals surface area contributed by atoms with Gasteiger partial charge in [0.1, 0.15) is 0 Å². The molecule has 0 atom stereocenters. The second-order valence-electron chi connectivity index (χ2n) is 8.76. The van der Waals surface area contributed by atoms with Gasteiger partial charge in [0.2, 0.25) is 0 Å². The van der Waals surface area contributed by atoms with Gasteiger partial charge in [-0.05, 0) is 26.7 Å². The van der Waals surface area contributed by atoms with Crippen LogP contribution in [0.5, 0.6) is 0 Å². The molecule has 0 unspecified atom stereocenters. The average Bonchev–Trinajstić information content (AvgIpc) is 2.76. The van der Waals surface area contributed by atoms with Gasteiger partial charge in [0.15, 0.2) is 0 Å². The summed E-state index contributed by atoms with van der Waals surface area (Å²) in [4.78, 5) is 0. The van der Waals surface area contributed by atoms with Crippen molar-refractivity contribution in [1.29, 1.82) is 0 Å². The Labute approximate surface area is 192 Å². The molecule has 0 rings (SSSR count). The molecular weight excluding hydrogens is 368 g/mol. The molecule has 0 aliphatic heterocycles. The quantitative estimate of drug-likeness (QED) is 0.142. The molecule has 0 N–H and O–H groups in total. The van der Waals surface area contributed by atoms with E-state index in [2.05, 4.69) is 27.7 Å². The fourth-order valence-corrected chi connectivity index (χ4v) is 3.67. The lowest BCUT2D eigenvalue weighted by Crippen LogP contribution is -1.92. The van der Waals surface area contributed by atoms with Crippen LogP contribution in [0.1, 0.15) is 156 Å². The first-order valence-corrected chi connectivity index (χ1v) is 14.0. The highest BCUT2D eigenvalue weighted by Gasteiger charge is 1.93. The summed E-state index contributed by atoms with van der Waals surface area (Å²) in [7, 11) is 0. The lowest BCUT2D eigenvalue weighted by Gasteiger charge is -2.02.